The van der Waals surface area contributed by atoms with Gasteiger partial charge < -0.3 is 24.8 Å². The lowest BCUT2D eigenvalue weighted by Crippen LogP contribution is -2.30. The Morgan fingerprint density at radius 1 is 0.968 bits per heavy atom. The fourth-order valence-electron chi connectivity index (χ4n) is 3.07. The molecule has 1 unspecified atom stereocenters. The topological polar surface area (TPSA) is 85.9 Å². The van der Waals surface area contributed by atoms with Crippen LogP contribution in [-0.2, 0) is 11.3 Å². The quantitative estimate of drug-likeness (QED) is 0.610. The van der Waals surface area contributed by atoms with E-state index in [1.165, 1.54) is 0 Å². The summed E-state index contributed by atoms with van der Waals surface area (Å²) in [7, 11) is 0. The summed E-state index contributed by atoms with van der Waals surface area (Å²) in [6.45, 7) is 2.24. The molecule has 0 radical (unpaired) electrons. The van der Waals surface area contributed by atoms with Gasteiger partial charge in [-0.1, -0.05) is 36.4 Å². The SMILES string of the molecule is CC(Oc1cccc(C(=O)NCc2ccccc2)c1)C(=O)Nc1ccc2c(c1)OCO2. The summed E-state index contributed by atoms with van der Waals surface area (Å²) in [4.78, 5) is 25.0. The minimum Gasteiger partial charge on any atom is -0.481 e. The number of carbonyl (C=O) groups excluding carboxylic acids is 2. The highest BCUT2D eigenvalue weighted by molar-refractivity contribution is 5.95. The predicted molar refractivity (Wildman–Crippen MR) is 115 cm³/mol. The second-order valence-corrected chi connectivity index (χ2v) is 7.01. The van der Waals surface area contributed by atoms with Gasteiger partial charge in [-0.15, -0.1) is 0 Å². The summed E-state index contributed by atoms with van der Waals surface area (Å²) < 4.78 is 16.3. The molecule has 0 aliphatic carbocycles. The molecule has 7 nitrogen and oxygen atoms in total. The van der Waals surface area contributed by atoms with Gasteiger partial charge in [0.25, 0.3) is 11.8 Å². The number of fused-ring (bicyclic) bond motifs is 1. The Balaban J connectivity index is 1.34. The maximum atomic E-state index is 12.5. The van der Waals surface area contributed by atoms with Gasteiger partial charge in [0.05, 0.1) is 0 Å². The first-order chi connectivity index (χ1) is 15.1. The van der Waals surface area contributed by atoms with Crippen molar-refractivity contribution in [2.75, 3.05) is 12.1 Å². The zero-order chi connectivity index (χ0) is 21.6. The Bertz CT molecular complexity index is 1080. The van der Waals surface area contributed by atoms with E-state index in [2.05, 4.69) is 10.6 Å². The third-order valence-corrected chi connectivity index (χ3v) is 4.71. The van der Waals surface area contributed by atoms with Gasteiger partial charge in [0.1, 0.15) is 5.75 Å². The number of anilines is 1. The Kier molecular flexibility index (Phi) is 6.03. The molecule has 2 amide bonds. The van der Waals surface area contributed by atoms with Gasteiger partial charge in [0.2, 0.25) is 6.79 Å². The highest BCUT2D eigenvalue weighted by Gasteiger charge is 2.18. The van der Waals surface area contributed by atoms with Crippen LogP contribution in [0.25, 0.3) is 0 Å². The summed E-state index contributed by atoms with van der Waals surface area (Å²) in [5, 5.41) is 5.66. The Hall–Kier alpha value is -4.00. The molecule has 0 fully saturated rings. The van der Waals surface area contributed by atoms with Crippen molar-refractivity contribution in [3.8, 4) is 17.2 Å². The van der Waals surface area contributed by atoms with Crippen LogP contribution in [0.5, 0.6) is 17.2 Å². The molecule has 0 bridgehead atoms. The molecular formula is C24H22N2O5. The average Bonchev–Trinajstić information content (AvgIpc) is 3.26. The Labute approximate surface area is 179 Å². The number of benzene rings is 3. The molecule has 1 atom stereocenters. The standard InChI is InChI=1S/C24H22N2O5/c1-16(23(27)26-19-10-11-21-22(13-19)30-15-29-21)31-20-9-5-8-18(12-20)24(28)25-14-17-6-3-2-4-7-17/h2-13,16H,14-15H2,1H3,(H,25,28)(H,26,27). The van der Waals surface area contributed by atoms with Crippen LogP contribution in [0, 0.1) is 0 Å². The van der Waals surface area contributed by atoms with E-state index >= 15 is 0 Å². The van der Waals surface area contributed by atoms with Gasteiger partial charge in [-0.05, 0) is 42.8 Å². The van der Waals surface area contributed by atoms with Gasteiger partial charge in [-0.2, -0.15) is 0 Å². The number of rotatable bonds is 7. The summed E-state index contributed by atoms with van der Waals surface area (Å²) >= 11 is 0. The van der Waals surface area contributed by atoms with Crippen molar-refractivity contribution in [1.82, 2.24) is 5.32 Å². The highest BCUT2D eigenvalue weighted by Crippen LogP contribution is 2.34. The number of carbonyl (C=O) groups is 2. The molecule has 1 heterocycles. The van der Waals surface area contributed by atoms with Gasteiger partial charge >= 0.3 is 0 Å². The summed E-state index contributed by atoms with van der Waals surface area (Å²) in [5.41, 5.74) is 2.05. The van der Waals surface area contributed by atoms with Crippen LogP contribution in [0.2, 0.25) is 0 Å². The minimum atomic E-state index is -0.770. The van der Waals surface area contributed by atoms with Gasteiger partial charge in [-0.3, -0.25) is 9.59 Å². The van der Waals surface area contributed by atoms with Crippen LogP contribution in [0.4, 0.5) is 5.69 Å². The highest BCUT2D eigenvalue weighted by atomic mass is 16.7. The Morgan fingerprint density at radius 2 is 1.77 bits per heavy atom. The number of hydrogen-bond acceptors (Lipinski definition) is 5. The van der Waals surface area contributed by atoms with E-state index in [1.54, 1.807) is 49.4 Å². The van der Waals surface area contributed by atoms with Crippen LogP contribution >= 0.6 is 0 Å². The lowest BCUT2D eigenvalue weighted by Gasteiger charge is -2.15. The number of amides is 2. The van der Waals surface area contributed by atoms with E-state index in [9.17, 15) is 9.59 Å². The van der Waals surface area contributed by atoms with E-state index in [0.29, 0.717) is 35.0 Å². The number of nitrogens with one attached hydrogen (secondary N) is 2. The molecule has 0 saturated heterocycles. The molecule has 0 spiro atoms. The van der Waals surface area contributed by atoms with Crippen molar-refractivity contribution in [2.45, 2.75) is 19.6 Å². The van der Waals surface area contributed by atoms with Gasteiger partial charge in [-0.25, -0.2) is 0 Å². The second kappa shape index (κ2) is 9.21. The van der Waals surface area contributed by atoms with Crippen molar-refractivity contribution < 1.29 is 23.8 Å². The van der Waals surface area contributed by atoms with Crippen LogP contribution in [-0.4, -0.2) is 24.7 Å². The van der Waals surface area contributed by atoms with Crippen molar-refractivity contribution in [1.29, 1.82) is 0 Å². The van der Waals surface area contributed by atoms with E-state index in [1.807, 2.05) is 30.3 Å². The molecule has 2 N–H and O–H groups in total. The Morgan fingerprint density at radius 3 is 2.61 bits per heavy atom. The molecule has 0 saturated carbocycles. The van der Waals surface area contributed by atoms with Crippen LogP contribution in [0.1, 0.15) is 22.8 Å². The van der Waals surface area contributed by atoms with Crippen molar-refractivity contribution in [3.05, 3.63) is 83.9 Å². The first kappa shape index (κ1) is 20.3. The van der Waals surface area contributed by atoms with Crippen molar-refractivity contribution in [2.24, 2.45) is 0 Å². The third-order valence-electron chi connectivity index (χ3n) is 4.71. The molecule has 3 aromatic carbocycles. The summed E-state index contributed by atoms with van der Waals surface area (Å²) in [6, 6.07) is 21.6. The van der Waals surface area contributed by atoms with Gasteiger partial charge in [0.15, 0.2) is 17.6 Å². The number of hydrogen-bond donors (Lipinski definition) is 2. The monoisotopic (exact) mass is 418 g/mol. The molecular weight excluding hydrogens is 396 g/mol. The van der Waals surface area contributed by atoms with Crippen LogP contribution < -0.4 is 24.8 Å². The fraction of sp³-hybridized carbons (Fsp3) is 0.167. The largest absolute Gasteiger partial charge is 0.481 e. The van der Waals surface area contributed by atoms with E-state index < -0.39 is 6.10 Å². The zero-order valence-corrected chi connectivity index (χ0v) is 17.0. The fourth-order valence-corrected chi connectivity index (χ4v) is 3.07. The summed E-state index contributed by atoms with van der Waals surface area (Å²) in [6.07, 6.45) is -0.770. The van der Waals surface area contributed by atoms with Crippen LogP contribution in [0.3, 0.4) is 0 Å². The van der Waals surface area contributed by atoms with Crippen LogP contribution in [0.15, 0.2) is 72.8 Å². The first-order valence-corrected chi connectivity index (χ1v) is 9.88. The third kappa shape index (κ3) is 5.14. The lowest BCUT2D eigenvalue weighted by molar-refractivity contribution is -0.122. The van der Waals surface area contributed by atoms with Crippen molar-refractivity contribution >= 4 is 17.5 Å². The minimum absolute atomic E-state index is 0.168. The first-order valence-electron chi connectivity index (χ1n) is 9.88. The number of ether oxygens (including phenoxy) is 3. The predicted octanol–water partition coefficient (Wildman–Crippen LogP) is 3.75. The molecule has 1 aliphatic rings. The zero-order valence-electron chi connectivity index (χ0n) is 17.0. The molecule has 158 valence electrons. The molecule has 3 aromatic rings. The molecule has 0 aromatic heterocycles. The van der Waals surface area contributed by atoms with E-state index in [4.69, 9.17) is 14.2 Å². The normalized spacial score (nSPS) is 12.7. The smallest absolute Gasteiger partial charge is 0.265 e. The molecule has 1 aliphatic heterocycles. The second-order valence-electron chi connectivity index (χ2n) is 7.01. The molecule has 31 heavy (non-hydrogen) atoms. The molecule has 4 rings (SSSR count). The lowest BCUT2D eigenvalue weighted by atomic mass is 10.2. The maximum absolute atomic E-state index is 12.5. The van der Waals surface area contributed by atoms with E-state index in [-0.39, 0.29) is 18.6 Å². The van der Waals surface area contributed by atoms with Crippen molar-refractivity contribution in [3.63, 3.8) is 0 Å². The van der Waals surface area contributed by atoms with Gasteiger partial charge in [0, 0.05) is 23.9 Å². The maximum Gasteiger partial charge on any atom is 0.265 e. The average molecular weight is 418 g/mol. The molecule has 7 heteroatoms. The van der Waals surface area contributed by atoms with E-state index in [0.717, 1.165) is 5.56 Å². The summed E-state index contributed by atoms with van der Waals surface area (Å²) in [5.74, 6) is 1.12.